The molecule has 2 heterocycles. The number of nitriles is 1. The standard InChI is InChI=1S/C18H16ClN3O3S/c1-2-25-18(24)15-14(10-3-5-11(19)6-4-10)12(9-20)17-22(16(15)21)13(23)7-8-26-17/h3-6,14H,2,7-8,21H2,1H3. The van der Waals surface area contributed by atoms with Crippen LogP contribution in [-0.4, -0.2) is 29.1 Å². The van der Waals surface area contributed by atoms with Gasteiger partial charge in [-0.1, -0.05) is 23.7 Å². The average molecular weight is 390 g/mol. The molecule has 1 unspecified atom stereocenters. The van der Waals surface area contributed by atoms with E-state index >= 15 is 0 Å². The van der Waals surface area contributed by atoms with Gasteiger partial charge in [-0.15, -0.1) is 11.8 Å². The molecule has 1 fully saturated rings. The topological polar surface area (TPSA) is 96.4 Å². The van der Waals surface area contributed by atoms with Crippen LogP contribution in [-0.2, 0) is 14.3 Å². The molecular formula is C18H16ClN3O3S. The summed E-state index contributed by atoms with van der Waals surface area (Å²) in [5.41, 5.74) is 7.32. The first-order valence-electron chi connectivity index (χ1n) is 8.01. The summed E-state index contributed by atoms with van der Waals surface area (Å²) in [6.07, 6.45) is 0.287. The Labute approximate surface area is 160 Å². The zero-order chi connectivity index (χ0) is 18.8. The number of benzene rings is 1. The lowest BCUT2D eigenvalue weighted by molar-refractivity contribution is -0.139. The molecule has 0 saturated carbocycles. The number of carbonyl (C=O) groups excluding carboxylic acids is 2. The number of esters is 1. The number of carbonyl (C=O) groups is 2. The maximum atomic E-state index is 12.6. The molecule has 6 nitrogen and oxygen atoms in total. The summed E-state index contributed by atoms with van der Waals surface area (Å²) in [6, 6.07) is 9.01. The molecular weight excluding hydrogens is 374 g/mol. The quantitative estimate of drug-likeness (QED) is 0.798. The molecule has 1 atom stereocenters. The molecule has 1 aromatic rings. The highest BCUT2D eigenvalue weighted by molar-refractivity contribution is 8.03. The number of amides is 1. The fourth-order valence-electron chi connectivity index (χ4n) is 3.03. The van der Waals surface area contributed by atoms with Gasteiger partial charge in [-0.3, -0.25) is 9.69 Å². The lowest BCUT2D eigenvalue weighted by Gasteiger charge is -2.37. The molecule has 1 saturated heterocycles. The van der Waals surface area contributed by atoms with Gasteiger partial charge in [0, 0.05) is 17.2 Å². The third-order valence-corrected chi connectivity index (χ3v) is 5.49. The van der Waals surface area contributed by atoms with Gasteiger partial charge in [-0.25, -0.2) is 4.79 Å². The van der Waals surface area contributed by atoms with Crippen molar-refractivity contribution in [3.8, 4) is 6.07 Å². The second-order valence-electron chi connectivity index (χ2n) is 5.66. The van der Waals surface area contributed by atoms with Gasteiger partial charge in [0.05, 0.1) is 34.8 Å². The van der Waals surface area contributed by atoms with Crippen LogP contribution in [0.1, 0.15) is 24.8 Å². The first kappa shape index (κ1) is 18.4. The van der Waals surface area contributed by atoms with Crippen molar-refractivity contribution in [1.29, 1.82) is 5.26 Å². The number of fused-ring (bicyclic) bond motifs is 1. The van der Waals surface area contributed by atoms with Gasteiger partial charge < -0.3 is 10.5 Å². The Morgan fingerprint density at radius 2 is 2.15 bits per heavy atom. The normalized spacial score (nSPS) is 20.0. The van der Waals surface area contributed by atoms with Gasteiger partial charge in [0.15, 0.2) is 0 Å². The van der Waals surface area contributed by atoms with E-state index in [1.807, 2.05) is 0 Å². The predicted octanol–water partition coefficient (Wildman–Crippen LogP) is 2.87. The van der Waals surface area contributed by atoms with E-state index in [1.165, 1.54) is 16.7 Å². The summed E-state index contributed by atoms with van der Waals surface area (Å²) in [6.45, 7) is 1.84. The van der Waals surface area contributed by atoms with Crippen LogP contribution in [0.4, 0.5) is 0 Å². The van der Waals surface area contributed by atoms with E-state index in [0.717, 1.165) is 0 Å². The van der Waals surface area contributed by atoms with E-state index in [0.29, 0.717) is 26.9 Å². The number of halogens is 1. The van der Waals surface area contributed by atoms with E-state index in [4.69, 9.17) is 22.1 Å². The highest BCUT2D eigenvalue weighted by Gasteiger charge is 2.42. The second-order valence-corrected chi connectivity index (χ2v) is 7.18. The monoisotopic (exact) mass is 389 g/mol. The minimum Gasteiger partial charge on any atom is -0.463 e. The van der Waals surface area contributed by atoms with E-state index in [1.54, 1.807) is 31.2 Å². The maximum Gasteiger partial charge on any atom is 0.338 e. The van der Waals surface area contributed by atoms with Crippen molar-refractivity contribution < 1.29 is 14.3 Å². The van der Waals surface area contributed by atoms with E-state index < -0.39 is 11.9 Å². The van der Waals surface area contributed by atoms with Gasteiger partial charge in [-0.05, 0) is 24.6 Å². The Balaban J connectivity index is 2.24. The van der Waals surface area contributed by atoms with Crippen molar-refractivity contribution in [2.75, 3.05) is 12.4 Å². The third kappa shape index (κ3) is 3.06. The molecule has 2 N–H and O–H groups in total. The Kier molecular flexibility index (Phi) is 5.25. The zero-order valence-corrected chi connectivity index (χ0v) is 15.6. The highest BCUT2D eigenvalue weighted by Crippen LogP contribution is 2.46. The number of thioether (sulfide) groups is 1. The Hall–Kier alpha value is -2.43. The Bertz CT molecular complexity index is 871. The number of nitrogens with two attached hydrogens (primary N) is 1. The van der Waals surface area contributed by atoms with Crippen molar-refractivity contribution in [2.24, 2.45) is 5.73 Å². The largest absolute Gasteiger partial charge is 0.463 e. The van der Waals surface area contributed by atoms with Crippen LogP contribution in [0, 0.1) is 11.3 Å². The van der Waals surface area contributed by atoms with Crippen LogP contribution in [0.25, 0.3) is 0 Å². The molecule has 3 rings (SSSR count). The Morgan fingerprint density at radius 3 is 2.77 bits per heavy atom. The molecule has 2 aliphatic heterocycles. The smallest absolute Gasteiger partial charge is 0.338 e. The van der Waals surface area contributed by atoms with Gasteiger partial charge in [-0.2, -0.15) is 5.26 Å². The molecule has 1 amide bonds. The van der Waals surface area contributed by atoms with Crippen molar-refractivity contribution in [1.82, 2.24) is 4.90 Å². The fourth-order valence-corrected chi connectivity index (χ4v) is 4.28. The Morgan fingerprint density at radius 1 is 1.46 bits per heavy atom. The summed E-state index contributed by atoms with van der Waals surface area (Å²) < 4.78 is 5.16. The average Bonchev–Trinajstić information content (AvgIpc) is 2.62. The molecule has 134 valence electrons. The van der Waals surface area contributed by atoms with E-state index in [-0.39, 0.29) is 30.3 Å². The molecule has 0 aromatic heterocycles. The number of allylic oxidation sites excluding steroid dienone is 1. The predicted molar refractivity (Wildman–Crippen MR) is 98.6 cm³/mol. The van der Waals surface area contributed by atoms with Crippen LogP contribution < -0.4 is 5.73 Å². The number of hydrogen-bond acceptors (Lipinski definition) is 6. The summed E-state index contributed by atoms with van der Waals surface area (Å²) in [4.78, 5) is 26.3. The van der Waals surface area contributed by atoms with Crippen LogP contribution in [0.15, 0.2) is 46.3 Å². The zero-order valence-electron chi connectivity index (χ0n) is 14.0. The first-order valence-corrected chi connectivity index (χ1v) is 9.38. The minimum atomic E-state index is -0.707. The van der Waals surface area contributed by atoms with E-state index in [2.05, 4.69) is 6.07 Å². The maximum absolute atomic E-state index is 12.6. The second kappa shape index (κ2) is 7.44. The van der Waals surface area contributed by atoms with Crippen LogP contribution in [0.3, 0.4) is 0 Å². The van der Waals surface area contributed by atoms with Crippen molar-refractivity contribution >= 4 is 35.2 Å². The summed E-state index contributed by atoms with van der Waals surface area (Å²) in [5, 5.41) is 10.8. The van der Waals surface area contributed by atoms with Crippen LogP contribution in [0.5, 0.6) is 0 Å². The van der Waals surface area contributed by atoms with Gasteiger partial charge in [0.1, 0.15) is 5.82 Å². The molecule has 8 heteroatoms. The van der Waals surface area contributed by atoms with Crippen molar-refractivity contribution in [2.45, 2.75) is 19.3 Å². The van der Waals surface area contributed by atoms with E-state index in [9.17, 15) is 14.9 Å². The summed E-state index contributed by atoms with van der Waals surface area (Å²) >= 11 is 7.35. The first-order chi connectivity index (χ1) is 12.5. The fraction of sp³-hybridized carbons (Fsp3) is 0.278. The molecule has 26 heavy (non-hydrogen) atoms. The summed E-state index contributed by atoms with van der Waals surface area (Å²) in [5.74, 6) is -0.998. The SMILES string of the molecule is CCOC(=O)C1=C(N)N2C(=O)CCSC2=C(C#N)C1c1ccc(Cl)cc1. The van der Waals surface area contributed by atoms with Gasteiger partial charge in [0.25, 0.3) is 0 Å². The highest BCUT2D eigenvalue weighted by atomic mass is 35.5. The minimum absolute atomic E-state index is 0.0228. The molecule has 0 radical (unpaired) electrons. The lowest BCUT2D eigenvalue weighted by Crippen LogP contribution is -2.42. The number of ether oxygens (including phenoxy) is 1. The van der Waals surface area contributed by atoms with Crippen LogP contribution >= 0.6 is 23.4 Å². The molecule has 2 aliphatic rings. The summed E-state index contributed by atoms with van der Waals surface area (Å²) in [7, 11) is 0. The third-order valence-electron chi connectivity index (χ3n) is 4.15. The van der Waals surface area contributed by atoms with Crippen molar-refractivity contribution in [3.05, 3.63) is 56.8 Å². The lowest BCUT2D eigenvalue weighted by atomic mass is 9.83. The number of rotatable bonds is 3. The molecule has 1 aromatic carbocycles. The number of hydrogen-bond donors (Lipinski definition) is 1. The van der Waals surface area contributed by atoms with Crippen molar-refractivity contribution in [3.63, 3.8) is 0 Å². The van der Waals surface area contributed by atoms with Gasteiger partial charge in [0.2, 0.25) is 5.91 Å². The van der Waals surface area contributed by atoms with Gasteiger partial charge >= 0.3 is 5.97 Å². The van der Waals surface area contributed by atoms with Crippen LogP contribution in [0.2, 0.25) is 5.02 Å². The number of nitrogens with zero attached hydrogens (tertiary/aromatic N) is 2. The molecule has 0 spiro atoms. The molecule has 0 bridgehead atoms. The molecule has 0 aliphatic carbocycles.